The molecule has 6 aliphatic heterocycles. The van der Waals surface area contributed by atoms with E-state index in [0.29, 0.717) is 68.8 Å². The number of thiophene rings is 2. The molecule has 340 valence electrons. The molecule has 1 N–H and O–H groups in total. The normalized spacial score (nSPS) is 23.3. The minimum Gasteiger partial charge on any atom is -0.489 e. The lowest BCUT2D eigenvalue weighted by Gasteiger charge is -2.50. The van der Waals surface area contributed by atoms with Crippen molar-refractivity contribution in [3.8, 4) is 23.0 Å². The zero-order valence-corrected chi connectivity index (χ0v) is 39.0. The first kappa shape index (κ1) is 43.4. The number of aliphatic carboxylic acids is 1. The van der Waals surface area contributed by atoms with E-state index >= 15 is 0 Å². The first-order chi connectivity index (χ1) is 32.5. The summed E-state index contributed by atoms with van der Waals surface area (Å²) >= 11 is 6.08. The molecule has 1 spiro atoms. The summed E-state index contributed by atoms with van der Waals surface area (Å²) in [5, 5.41) is 13.6. The zero-order valence-electron chi connectivity index (χ0n) is 35.8. The standard InChI is InChI=1S/C50H40N2O11S4/c1-26-27(24-66-46-36(44(55)51(26)46)18-29(53)16-33-6-4-14-64-33)22-60-31-10-12-39-41(20-31)62-42-21-32(11-13-40(42)50(39)38-9-3-2-8-35(38)49(59)63-50)61-23-28-25-67-47-37(45(56)52(47)43(28)48(57)58)19-30(54)17-34-7-5-15-65-34/h2-15,20-21,36-37,46-47H,16-19,22-25H2,1H3,(H,57,58). The fourth-order valence-electron chi connectivity index (χ4n) is 9.80. The summed E-state index contributed by atoms with van der Waals surface area (Å²) in [6.45, 7) is 1.99. The molecular formula is C50H40N2O11S4. The highest BCUT2D eigenvalue weighted by Gasteiger charge is 2.56. The number of esters is 1. The number of amides is 2. The summed E-state index contributed by atoms with van der Waals surface area (Å²) in [7, 11) is 0. The molecule has 2 fully saturated rings. The Labute approximate surface area is 400 Å². The molecule has 0 radical (unpaired) electrons. The lowest BCUT2D eigenvalue weighted by molar-refractivity contribution is -0.154. The number of fused-ring (bicyclic) bond motifs is 8. The number of carboxylic acids is 1. The Balaban J connectivity index is 0.812. The number of hydrogen-bond acceptors (Lipinski definition) is 14. The van der Waals surface area contributed by atoms with Crippen LogP contribution in [0, 0.1) is 11.8 Å². The smallest absolute Gasteiger partial charge is 0.352 e. The lowest BCUT2D eigenvalue weighted by Crippen LogP contribution is -2.62. The maximum Gasteiger partial charge on any atom is 0.352 e. The maximum atomic E-state index is 13.5. The number of carbonyl (C=O) groups excluding carboxylic acids is 5. The number of ketones is 2. The van der Waals surface area contributed by atoms with Gasteiger partial charge in [-0.3, -0.25) is 24.1 Å². The van der Waals surface area contributed by atoms with Crippen LogP contribution in [0.3, 0.4) is 0 Å². The Morgan fingerprint density at radius 1 is 0.701 bits per heavy atom. The third-order valence-corrected chi connectivity index (χ3v) is 17.6. The first-order valence-electron chi connectivity index (χ1n) is 21.6. The largest absolute Gasteiger partial charge is 0.489 e. The van der Waals surface area contributed by atoms with E-state index in [-0.39, 0.29) is 72.8 Å². The van der Waals surface area contributed by atoms with Crippen molar-refractivity contribution in [2.75, 3.05) is 24.7 Å². The molecule has 13 nitrogen and oxygen atoms in total. The highest BCUT2D eigenvalue weighted by Crippen LogP contribution is 2.57. The van der Waals surface area contributed by atoms with Gasteiger partial charge in [0.05, 0.1) is 28.1 Å². The van der Waals surface area contributed by atoms with Crippen molar-refractivity contribution in [3.05, 3.63) is 150 Å². The Hall–Kier alpha value is -6.14. The number of ether oxygens (including phenoxy) is 4. The van der Waals surface area contributed by atoms with E-state index in [0.717, 1.165) is 21.0 Å². The van der Waals surface area contributed by atoms with Crippen molar-refractivity contribution in [2.24, 2.45) is 11.8 Å². The zero-order chi connectivity index (χ0) is 46.1. The third-order valence-electron chi connectivity index (χ3n) is 13.1. The van der Waals surface area contributed by atoms with Crippen LogP contribution in [0.25, 0.3) is 0 Å². The van der Waals surface area contributed by atoms with Gasteiger partial charge in [0.15, 0.2) is 5.60 Å². The molecule has 5 atom stereocenters. The van der Waals surface area contributed by atoms with Crippen LogP contribution in [-0.2, 0) is 47.2 Å². The highest BCUT2D eigenvalue weighted by atomic mass is 32.2. The van der Waals surface area contributed by atoms with E-state index in [2.05, 4.69) is 0 Å². The quantitative estimate of drug-likeness (QED) is 0.0789. The number of benzene rings is 3. The Kier molecular flexibility index (Phi) is 11.1. The summed E-state index contributed by atoms with van der Waals surface area (Å²) in [4.78, 5) is 83.5. The van der Waals surface area contributed by atoms with E-state index < -0.39 is 28.8 Å². The summed E-state index contributed by atoms with van der Waals surface area (Å²) in [5.74, 6) is -0.605. The molecule has 5 aromatic rings. The molecule has 67 heavy (non-hydrogen) atoms. The van der Waals surface area contributed by atoms with Gasteiger partial charge >= 0.3 is 11.9 Å². The van der Waals surface area contributed by atoms with Gasteiger partial charge in [-0.1, -0.05) is 30.3 Å². The number of nitrogens with zero attached hydrogens (tertiary/aromatic N) is 2. The molecule has 8 heterocycles. The van der Waals surface area contributed by atoms with Crippen molar-refractivity contribution in [1.82, 2.24) is 9.80 Å². The minimum absolute atomic E-state index is 0.0486. The van der Waals surface area contributed by atoms with Crippen molar-refractivity contribution < 1.29 is 52.8 Å². The number of rotatable bonds is 15. The fraction of sp³-hybridized carbons (Fsp3) is 0.280. The second-order valence-electron chi connectivity index (χ2n) is 17.1. The van der Waals surface area contributed by atoms with E-state index in [4.69, 9.17) is 18.9 Å². The van der Waals surface area contributed by atoms with Crippen LogP contribution in [0.4, 0.5) is 0 Å². The van der Waals surface area contributed by atoms with Gasteiger partial charge in [-0.2, -0.15) is 0 Å². The predicted molar refractivity (Wildman–Crippen MR) is 252 cm³/mol. The molecule has 2 amide bonds. The Morgan fingerprint density at radius 2 is 1.25 bits per heavy atom. The number of thioether (sulfide) groups is 2. The third kappa shape index (κ3) is 7.46. The average Bonchev–Trinajstić information content (AvgIpc) is 4.10. The highest BCUT2D eigenvalue weighted by molar-refractivity contribution is 8.00. The van der Waals surface area contributed by atoms with Gasteiger partial charge in [0.1, 0.15) is 53.5 Å². The lowest BCUT2D eigenvalue weighted by atomic mass is 9.77. The van der Waals surface area contributed by atoms with E-state index in [1.165, 1.54) is 28.0 Å². The van der Waals surface area contributed by atoms with Crippen molar-refractivity contribution in [3.63, 3.8) is 0 Å². The summed E-state index contributed by atoms with van der Waals surface area (Å²) in [6.07, 6.45) is 0.862. The fourth-order valence-corrected chi connectivity index (χ4v) is 14.2. The molecule has 0 bridgehead atoms. The molecule has 17 heteroatoms. The van der Waals surface area contributed by atoms with Gasteiger partial charge < -0.3 is 29.0 Å². The molecule has 6 aliphatic rings. The van der Waals surface area contributed by atoms with E-state index in [9.17, 15) is 33.9 Å². The monoisotopic (exact) mass is 972 g/mol. The van der Waals surface area contributed by atoms with Crippen LogP contribution < -0.4 is 14.2 Å². The molecule has 2 saturated heterocycles. The van der Waals surface area contributed by atoms with Crippen LogP contribution in [0.15, 0.2) is 118 Å². The van der Waals surface area contributed by atoms with Crippen molar-refractivity contribution in [2.45, 2.75) is 49.0 Å². The molecule has 3 aromatic carbocycles. The Bertz CT molecular complexity index is 2980. The molecule has 2 aromatic heterocycles. The first-order valence-corrected chi connectivity index (χ1v) is 25.5. The number of Topliss-reactive ketones (excluding diaryl/α,β-unsaturated/α-hetero) is 2. The van der Waals surface area contributed by atoms with Crippen LogP contribution in [0.1, 0.15) is 56.6 Å². The number of hydrogen-bond donors (Lipinski definition) is 1. The van der Waals surface area contributed by atoms with E-state index in [1.54, 1.807) is 70.5 Å². The number of carbonyl (C=O) groups is 6. The average molecular weight is 973 g/mol. The van der Waals surface area contributed by atoms with Crippen LogP contribution in [0.5, 0.6) is 23.0 Å². The summed E-state index contributed by atoms with van der Waals surface area (Å²) in [6, 6.07) is 25.3. The molecule has 0 aliphatic carbocycles. The van der Waals surface area contributed by atoms with Gasteiger partial charge in [-0.25, -0.2) is 9.59 Å². The van der Waals surface area contributed by atoms with Gasteiger partial charge in [0.25, 0.3) is 0 Å². The number of allylic oxidation sites excluding steroid dienone is 1. The summed E-state index contributed by atoms with van der Waals surface area (Å²) in [5.41, 5.74) is 2.92. The summed E-state index contributed by atoms with van der Waals surface area (Å²) < 4.78 is 25.5. The second-order valence-corrected chi connectivity index (χ2v) is 21.4. The van der Waals surface area contributed by atoms with Crippen molar-refractivity contribution in [1.29, 1.82) is 0 Å². The molecule has 5 unspecified atom stereocenters. The van der Waals surface area contributed by atoms with Gasteiger partial charge in [-0.05, 0) is 65.7 Å². The number of carboxylic acid groups (broad SMARTS) is 1. The predicted octanol–water partition coefficient (Wildman–Crippen LogP) is 8.21. The Morgan fingerprint density at radius 3 is 1.84 bits per heavy atom. The van der Waals surface area contributed by atoms with Gasteiger partial charge in [0.2, 0.25) is 11.8 Å². The molecule has 0 saturated carbocycles. The SMILES string of the molecule is CC1=C(COc2ccc3c(c2)Oc2cc(OCC4=C(C(=O)O)N5C(=O)C(CC(=O)Cc6cccs6)C5SC4)ccc2C32OC(=O)c3ccccc32)CSC2C(CC(=O)Cc3cccs3)C(=O)N12. The minimum atomic E-state index is -1.37. The van der Waals surface area contributed by atoms with Crippen LogP contribution in [0.2, 0.25) is 0 Å². The maximum absolute atomic E-state index is 13.5. The second kappa shape index (κ2) is 17.2. The van der Waals surface area contributed by atoms with Crippen molar-refractivity contribution >= 4 is 81.5 Å². The van der Waals surface area contributed by atoms with Gasteiger partial charge in [-0.15, -0.1) is 46.2 Å². The number of β-lactam (4-membered cyclic amide) rings is 2. The van der Waals surface area contributed by atoms with Crippen LogP contribution >= 0.6 is 46.2 Å². The molecule has 11 rings (SSSR count). The van der Waals surface area contributed by atoms with Gasteiger partial charge in [0, 0.05) is 87.0 Å². The molecular weight excluding hydrogens is 933 g/mol. The topological polar surface area (TPSA) is 166 Å². The van der Waals surface area contributed by atoms with Crippen LogP contribution in [-0.4, -0.2) is 85.7 Å². The van der Waals surface area contributed by atoms with E-state index in [1.807, 2.05) is 60.1 Å².